The van der Waals surface area contributed by atoms with Crippen LogP contribution in [-0.4, -0.2) is 21.1 Å². The molecule has 0 atom stereocenters. The van der Waals surface area contributed by atoms with E-state index in [-0.39, 0.29) is 5.91 Å². The van der Waals surface area contributed by atoms with Crippen LogP contribution in [0.1, 0.15) is 33.0 Å². The summed E-state index contributed by atoms with van der Waals surface area (Å²) >= 11 is 1.39. The molecule has 0 aromatic carbocycles. The van der Waals surface area contributed by atoms with Crippen LogP contribution in [0, 0.1) is 13.8 Å². The van der Waals surface area contributed by atoms with Gasteiger partial charge in [-0.3, -0.25) is 9.89 Å². The summed E-state index contributed by atoms with van der Waals surface area (Å²) in [6.45, 7) is 5.74. The first-order chi connectivity index (χ1) is 8.10. The molecule has 2 rings (SSSR count). The summed E-state index contributed by atoms with van der Waals surface area (Å²) in [6.07, 6.45) is 0.863. The summed E-state index contributed by atoms with van der Waals surface area (Å²) in [5.41, 5.74) is 1.76. The lowest BCUT2D eigenvalue weighted by Crippen LogP contribution is -2.11. The number of nitrogens with one attached hydrogen (secondary N) is 2. The molecule has 17 heavy (non-hydrogen) atoms. The van der Waals surface area contributed by atoms with E-state index in [0.717, 1.165) is 22.8 Å². The monoisotopic (exact) mass is 250 g/mol. The Morgan fingerprint density at radius 1 is 1.53 bits per heavy atom. The number of nitrogens with zero attached hydrogens (tertiary/aromatic N) is 2. The molecule has 90 valence electrons. The van der Waals surface area contributed by atoms with Crippen molar-refractivity contribution in [3.05, 3.63) is 27.3 Å². The first kappa shape index (κ1) is 11.8. The highest BCUT2D eigenvalue weighted by Crippen LogP contribution is 2.18. The van der Waals surface area contributed by atoms with Gasteiger partial charge in [-0.1, -0.05) is 6.92 Å². The molecule has 0 unspecified atom stereocenters. The molecule has 0 radical (unpaired) electrons. The predicted molar refractivity (Wildman–Crippen MR) is 67.5 cm³/mol. The Hall–Kier alpha value is -1.69. The molecule has 2 aromatic rings. The van der Waals surface area contributed by atoms with Gasteiger partial charge in [0.2, 0.25) is 0 Å². The highest BCUT2D eigenvalue weighted by Gasteiger charge is 2.14. The zero-order valence-corrected chi connectivity index (χ0v) is 10.8. The number of aryl methyl sites for hydroxylation is 3. The van der Waals surface area contributed by atoms with Gasteiger partial charge in [0.15, 0.2) is 5.82 Å². The maximum Gasteiger partial charge on any atom is 0.268 e. The normalized spacial score (nSPS) is 10.5. The Balaban J connectivity index is 2.14. The molecule has 1 amide bonds. The van der Waals surface area contributed by atoms with Gasteiger partial charge in [-0.15, -0.1) is 11.3 Å². The van der Waals surface area contributed by atoms with Crippen molar-refractivity contribution in [1.82, 2.24) is 15.2 Å². The average molecular weight is 250 g/mol. The van der Waals surface area contributed by atoms with E-state index in [1.165, 1.54) is 11.3 Å². The number of hydrogen-bond acceptors (Lipinski definition) is 4. The van der Waals surface area contributed by atoms with Crippen LogP contribution in [0.25, 0.3) is 0 Å². The van der Waals surface area contributed by atoms with Crippen LogP contribution in [0.4, 0.5) is 5.82 Å². The molecule has 2 aromatic heterocycles. The quantitative estimate of drug-likeness (QED) is 0.878. The molecule has 0 aliphatic rings. The smallest absolute Gasteiger partial charge is 0.268 e. The van der Waals surface area contributed by atoms with Crippen molar-refractivity contribution in [3.8, 4) is 0 Å². The molecule has 2 N–H and O–H groups in total. The fourth-order valence-electron chi connectivity index (χ4n) is 1.52. The fraction of sp³-hybridized carbons (Fsp3) is 0.364. The van der Waals surface area contributed by atoms with Gasteiger partial charge in [0.05, 0.1) is 10.7 Å². The molecule has 0 aliphatic carbocycles. The fourth-order valence-corrected chi connectivity index (χ4v) is 2.34. The Morgan fingerprint density at radius 3 is 2.82 bits per heavy atom. The first-order valence-corrected chi connectivity index (χ1v) is 6.21. The maximum absolute atomic E-state index is 12.0. The Kier molecular flexibility index (Phi) is 3.23. The minimum Gasteiger partial charge on any atom is -0.304 e. The van der Waals surface area contributed by atoms with Crippen molar-refractivity contribution >= 4 is 23.1 Å². The van der Waals surface area contributed by atoms with Crippen LogP contribution in [0.3, 0.4) is 0 Å². The summed E-state index contributed by atoms with van der Waals surface area (Å²) in [7, 11) is 0. The number of aromatic nitrogens is 3. The van der Waals surface area contributed by atoms with Gasteiger partial charge < -0.3 is 5.32 Å². The van der Waals surface area contributed by atoms with Gasteiger partial charge in [0, 0.05) is 11.8 Å². The second-order valence-corrected chi connectivity index (χ2v) is 4.94. The summed E-state index contributed by atoms with van der Waals surface area (Å²) in [4.78, 5) is 16.8. The minimum absolute atomic E-state index is 0.151. The van der Waals surface area contributed by atoms with Crippen molar-refractivity contribution in [2.75, 3.05) is 5.32 Å². The van der Waals surface area contributed by atoms with Crippen molar-refractivity contribution in [1.29, 1.82) is 0 Å². The van der Waals surface area contributed by atoms with Crippen molar-refractivity contribution in [3.63, 3.8) is 0 Å². The molecular formula is C11H14N4OS. The van der Waals surface area contributed by atoms with Crippen molar-refractivity contribution < 1.29 is 4.79 Å². The number of thiazole rings is 1. The molecule has 5 nitrogen and oxygen atoms in total. The number of carbonyl (C=O) groups excluding carboxylic acids is 1. The van der Waals surface area contributed by atoms with Gasteiger partial charge in [-0.05, 0) is 20.3 Å². The molecule has 0 aliphatic heterocycles. The molecule has 0 spiro atoms. The lowest BCUT2D eigenvalue weighted by Gasteiger charge is -1.98. The number of rotatable bonds is 3. The Labute approximate surface area is 103 Å². The number of H-pyrrole nitrogens is 1. The lowest BCUT2D eigenvalue weighted by atomic mass is 10.3. The standard InChI is InChI=1S/C11H14N4OS/c1-4-8-5-9(15-14-8)13-11(16)10-6(2)12-7(3)17-10/h5H,4H2,1-3H3,(H2,13,14,15,16). The zero-order valence-electron chi connectivity index (χ0n) is 10.00. The second kappa shape index (κ2) is 4.67. The van der Waals surface area contributed by atoms with Gasteiger partial charge in [-0.2, -0.15) is 5.10 Å². The predicted octanol–water partition coefficient (Wildman–Crippen LogP) is 2.30. The largest absolute Gasteiger partial charge is 0.304 e. The number of anilines is 1. The van der Waals surface area contributed by atoms with Crippen LogP contribution >= 0.6 is 11.3 Å². The van der Waals surface area contributed by atoms with Crippen molar-refractivity contribution in [2.45, 2.75) is 27.2 Å². The van der Waals surface area contributed by atoms with E-state index < -0.39 is 0 Å². The molecular weight excluding hydrogens is 236 g/mol. The number of hydrogen-bond donors (Lipinski definition) is 2. The molecule has 0 bridgehead atoms. The van der Waals surface area contributed by atoms with Crippen LogP contribution in [0.2, 0.25) is 0 Å². The van der Waals surface area contributed by atoms with E-state index in [1.807, 2.05) is 26.8 Å². The highest BCUT2D eigenvalue weighted by molar-refractivity contribution is 7.13. The summed E-state index contributed by atoms with van der Waals surface area (Å²) < 4.78 is 0. The molecule has 0 fully saturated rings. The third-order valence-corrected chi connectivity index (χ3v) is 3.43. The third kappa shape index (κ3) is 2.52. The van der Waals surface area contributed by atoms with E-state index in [2.05, 4.69) is 20.5 Å². The Morgan fingerprint density at radius 2 is 2.29 bits per heavy atom. The summed E-state index contributed by atoms with van der Waals surface area (Å²) in [5, 5.41) is 10.5. The zero-order chi connectivity index (χ0) is 12.4. The van der Waals surface area contributed by atoms with Gasteiger partial charge >= 0.3 is 0 Å². The van der Waals surface area contributed by atoms with Crippen molar-refractivity contribution in [2.24, 2.45) is 0 Å². The molecule has 0 saturated heterocycles. The Bertz CT molecular complexity index is 543. The maximum atomic E-state index is 12.0. The highest BCUT2D eigenvalue weighted by atomic mass is 32.1. The topological polar surface area (TPSA) is 70.7 Å². The van der Waals surface area contributed by atoms with Crippen LogP contribution in [0.5, 0.6) is 0 Å². The van der Waals surface area contributed by atoms with E-state index in [4.69, 9.17) is 0 Å². The van der Waals surface area contributed by atoms with Gasteiger partial charge in [-0.25, -0.2) is 4.98 Å². The van der Waals surface area contributed by atoms with E-state index in [1.54, 1.807) is 0 Å². The van der Waals surface area contributed by atoms with Gasteiger partial charge in [0.25, 0.3) is 5.91 Å². The van der Waals surface area contributed by atoms with Crippen LogP contribution in [-0.2, 0) is 6.42 Å². The number of aromatic amines is 1. The summed E-state index contributed by atoms with van der Waals surface area (Å²) in [6, 6.07) is 1.83. The van der Waals surface area contributed by atoms with E-state index in [0.29, 0.717) is 10.7 Å². The summed E-state index contributed by atoms with van der Waals surface area (Å²) in [5.74, 6) is 0.402. The third-order valence-electron chi connectivity index (χ3n) is 2.36. The average Bonchev–Trinajstić information content (AvgIpc) is 2.85. The lowest BCUT2D eigenvalue weighted by molar-refractivity contribution is 0.102. The van der Waals surface area contributed by atoms with E-state index >= 15 is 0 Å². The van der Waals surface area contributed by atoms with Crippen LogP contribution in [0.15, 0.2) is 6.07 Å². The van der Waals surface area contributed by atoms with E-state index in [9.17, 15) is 4.79 Å². The second-order valence-electron chi connectivity index (χ2n) is 3.73. The first-order valence-electron chi connectivity index (χ1n) is 5.39. The minimum atomic E-state index is -0.151. The number of carbonyl (C=O) groups is 1. The molecule has 2 heterocycles. The van der Waals surface area contributed by atoms with Gasteiger partial charge in [0.1, 0.15) is 4.88 Å². The van der Waals surface area contributed by atoms with Crippen LogP contribution < -0.4 is 5.32 Å². The number of amides is 1. The molecule has 0 saturated carbocycles. The SMILES string of the molecule is CCc1cc(NC(=O)c2sc(C)nc2C)n[nH]1. The molecule has 6 heteroatoms.